The number of carbonyl (C=O) groups excluding carboxylic acids is 3. The minimum Gasteiger partial charge on any atom is -0.350 e. The lowest BCUT2D eigenvalue weighted by Crippen LogP contribution is -2.52. The smallest absolute Gasteiger partial charge is 0.350 e. The van der Waals surface area contributed by atoms with Crippen molar-refractivity contribution in [1.82, 2.24) is 30.7 Å². The predicted octanol–water partition coefficient (Wildman–Crippen LogP) is 2.69. The van der Waals surface area contributed by atoms with Gasteiger partial charge in [-0.1, -0.05) is 11.6 Å². The van der Waals surface area contributed by atoms with Gasteiger partial charge in [-0.25, -0.2) is 20.0 Å². The van der Waals surface area contributed by atoms with Gasteiger partial charge in [0.05, 0.1) is 16.3 Å². The Balaban J connectivity index is 2.60. The van der Waals surface area contributed by atoms with E-state index in [9.17, 15) is 14.4 Å². The summed E-state index contributed by atoms with van der Waals surface area (Å²) in [5.74, 6) is -0.125. The van der Waals surface area contributed by atoms with Crippen LogP contribution in [-0.2, 0) is 11.3 Å². The van der Waals surface area contributed by atoms with E-state index in [1.807, 2.05) is 27.7 Å². The average Bonchev–Trinajstić information content (AvgIpc) is 2.77. The predicted molar refractivity (Wildman–Crippen MR) is 119 cm³/mol. The molecule has 0 bridgehead atoms. The summed E-state index contributed by atoms with van der Waals surface area (Å²) in [7, 11) is 0. The van der Waals surface area contributed by atoms with E-state index in [0.29, 0.717) is 48.9 Å². The van der Waals surface area contributed by atoms with Gasteiger partial charge in [-0.2, -0.15) is 0 Å². The first-order chi connectivity index (χ1) is 14.8. The lowest BCUT2D eigenvalue weighted by atomic mass is 10.2. The number of carbonyl (C=O) groups is 3. The molecular formula is C20H33ClN6O4. The second-order valence-electron chi connectivity index (χ2n) is 6.46. The molecule has 1 aromatic heterocycles. The van der Waals surface area contributed by atoms with Crippen molar-refractivity contribution in [3.05, 3.63) is 28.5 Å². The minimum absolute atomic E-state index is 0.125. The van der Waals surface area contributed by atoms with Crippen LogP contribution in [0.4, 0.5) is 9.59 Å². The van der Waals surface area contributed by atoms with Gasteiger partial charge in [-0.3, -0.25) is 9.78 Å². The van der Waals surface area contributed by atoms with Crippen LogP contribution in [0, 0.1) is 0 Å². The minimum atomic E-state index is -0.737. The Morgan fingerprint density at radius 2 is 1.68 bits per heavy atom. The molecule has 1 aromatic rings. The number of pyridine rings is 1. The molecule has 2 N–H and O–H groups in total. The summed E-state index contributed by atoms with van der Waals surface area (Å²) in [4.78, 5) is 47.7. The molecule has 10 nitrogen and oxygen atoms in total. The Bertz CT molecular complexity index is 740. The number of urea groups is 1. The maximum atomic E-state index is 12.4. The van der Waals surface area contributed by atoms with E-state index < -0.39 is 12.1 Å². The lowest BCUT2D eigenvalue weighted by molar-refractivity contribution is -0.0967. The Morgan fingerprint density at radius 3 is 2.19 bits per heavy atom. The number of nitrogens with zero attached hydrogens (tertiary/aromatic N) is 4. The first-order valence-corrected chi connectivity index (χ1v) is 10.9. The molecule has 0 radical (unpaired) electrons. The summed E-state index contributed by atoms with van der Waals surface area (Å²) in [5, 5.41) is 5.64. The Kier molecular flexibility index (Phi) is 11.7. The molecule has 0 aliphatic heterocycles. The standard InChI is InChI=1S/C20H33ClN6O4/c1-6-25(7-2)18(28)15-13-16(21)17(23-14-15)11-12-22-19(29)27(10-5)24-20(30)31-26(8-3)9-4/h13-14H,6-12H2,1-5H3,(H,22,29)(H,24,30). The zero-order valence-electron chi connectivity index (χ0n) is 18.9. The summed E-state index contributed by atoms with van der Waals surface area (Å²) in [6, 6.07) is 1.11. The monoisotopic (exact) mass is 456 g/mol. The molecule has 1 heterocycles. The highest BCUT2D eigenvalue weighted by atomic mass is 35.5. The second kappa shape index (κ2) is 13.7. The van der Waals surface area contributed by atoms with Crippen molar-refractivity contribution in [3.8, 4) is 0 Å². The van der Waals surface area contributed by atoms with E-state index in [2.05, 4.69) is 15.7 Å². The Morgan fingerprint density at radius 1 is 1.03 bits per heavy atom. The summed E-state index contributed by atoms with van der Waals surface area (Å²) >= 11 is 6.28. The van der Waals surface area contributed by atoms with Crippen molar-refractivity contribution in [2.45, 2.75) is 41.0 Å². The number of hydrazine groups is 1. The number of aromatic nitrogens is 1. The third-order valence-electron chi connectivity index (χ3n) is 4.56. The van der Waals surface area contributed by atoms with Crippen LogP contribution in [0.5, 0.6) is 0 Å². The van der Waals surface area contributed by atoms with Gasteiger partial charge >= 0.3 is 12.1 Å². The quantitative estimate of drug-likeness (QED) is 0.524. The fourth-order valence-electron chi connectivity index (χ4n) is 2.72. The fraction of sp³-hybridized carbons (Fsp3) is 0.600. The summed E-state index contributed by atoms with van der Waals surface area (Å²) in [6.45, 7) is 12.0. The number of halogens is 1. The second-order valence-corrected chi connectivity index (χ2v) is 6.87. The molecular weight excluding hydrogens is 424 g/mol. The van der Waals surface area contributed by atoms with Crippen LogP contribution < -0.4 is 10.7 Å². The van der Waals surface area contributed by atoms with Crippen molar-refractivity contribution >= 4 is 29.6 Å². The van der Waals surface area contributed by atoms with Crippen molar-refractivity contribution in [3.63, 3.8) is 0 Å². The van der Waals surface area contributed by atoms with Crippen LogP contribution in [0.1, 0.15) is 50.7 Å². The molecule has 0 unspecified atom stereocenters. The lowest BCUT2D eigenvalue weighted by Gasteiger charge is -2.24. The van der Waals surface area contributed by atoms with Gasteiger partial charge in [-0.05, 0) is 40.7 Å². The van der Waals surface area contributed by atoms with Crippen LogP contribution >= 0.6 is 11.6 Å². The molecule has 0 aliphatic carbocycles. The summed E-state index contributed by atoms with van der Waals surface area (Å²) in [6.07, 6.45) is 1.12. The van der Waals surface area contributed by atoms with E-state index in [4.69, 9.17) is 16.4 Å². The molecule has 4 amide bonds. The third-order valence-corrected chi connectivity index (χ3v) is 4.89. The molecule has 0 saturated carbocycles. The van der Waals surface area contributed by atoms with E-state index >= 15 is 0 Å². The molecule has 0 spiro atoms. The van der Waals surface area contributed by atoms with E-state index in [0.717, 1.165) is 5.01 Å². The highest BCUT2D eigenvalue weighted by molar-refractivity contribution is 6.31. The van der Waals surface area contributed by atoms with Crippen molar-refractivity contribution in [2.75, 3.05) is 39.3 Å². The van der Waals surface area contributed by atoms with Gasteiger partial charge in [0.25, 0.3) is 5.91 Å². The zero-order chi connectivity index (χ0) is 23.4. The normalized spacial score (nSPS) is 10.5. The van der Waals surface area contributed by atoms with Gasteiger partial charge in [-0.15, -0.1) is 5.06 Å². The maximum Gasteiger partial charge on any atom is 0.445 e. The Hall–Kier alpha value is -2.59. The van der Waals surface area contributed by atoms with E-state index in [1.165, 1.54) is 11.3 Å². The molecule has 31 heavy (non-hydrogen) atoms. The van der Waals surface area contributed by atoms with Crippen LogP contribution in [0.3, 0.4) is 0 Å². The first-order valence-electron chi connectivity index (χ1n) is 10.5. The fourth-order valence-corrected chi connectivity index (χ4v) is 2.98. The number of rotatable bonds is 10. The average molecular weight is 457 g/mol. The largest absolute Gasteiger partial charge is 0.445 e. The van der Waals surface area contributed by atoms with Gasteiger partial charge in [0, 0.05) is 51.9 Å². The summed E-state index contributed by atoms with van der Waals surface area (Å²) < 4.78 is 0. The van der Waals surface area contributed by atoms with Crippen molar-refractivity contribution in [2.24, 2.45) is 0 Å². The number of hydrogen-bond donors (Lipinski definition) is 2. The maximum absolute atomic E-state index is 12.4. The first kappa shape index (κ1) is 26.4. The topological polar surface area (TPSA) is 107 Å². The molecule has 0 atom stereocenters. The SMILES string of the molecule is CCN(CC)OC(=O)NN(CC)C(=O)NCCc1ncc(C(=O)N(CC)CC)cc1Cl. The Labute approximate surface area is 188 Å². The third kappa shape index (κ3) is 8.22. The van der Waals surface area contributed by atoms with E-state index in [1.54, 1.807) is 17.9 Å². The summed E-state index contributed by atoms with van der Waals surface area (Å²) in [5.41, 5.74) is 3.39. The highest BCUT2D eigenvalue weighted by Gasteiger charge is 2.18. The van der Waals surface area contributed by atoms with Gasteiger partial charge in [0.15, 0.2) is 0 Å². The molecule has 0 saturated heterocycles. The van der Waals surface area contributed by atoms with Gasteiger partial charge in [0.1, 0.15) is 0 Å². The van der Waals surface area contributed by atoms with Crippen LogP contribution in [0.2, 0.25) is 5.02 Å². The van der Waals surface area contributed by atoms with Crippen LogP contribution in [0.25, 0.3) is 0 Å². The van der Waals surface area contributed by atoms with Crippen molar-refractivity contribution < 1.29 is 19.2 Å². The van der Waals surface area contributed by atoms with Gasteiger partial charge in [0.2, 0.25) is 0 Å². The zero-order valence-corrected chi connectivity index (χ0v) is 19.7. The molecule has 174 valence electrons. The van der Waals surface area contributed by atoms with Crippen LogP contribution in [0.15, 0.2) is 12.3 Å². The molecule has 0 aromatic carbocycles. The van der Waals surface area contributed by atoms with Crippen LogP contribution in [-0.4, -0.2) is 77.3 Å². The molecule has 11 heteroatoms. The van der Waals surface area contributed by atoms with Gasteiger partial charge < -0.3 is 15.1 Å². The van der Waals surface area contributed by atoms with Crippen molar-refractivity contribution in [1.29, 1.82) is 0 Å². The molecule has 0 fully saturated rings. The molecule has 1 rings (SSSR count). The number of amides is 4. The number of hydroxylamine groups is 2. The highest BCUT2D eigenvalue weighted by Crippen LogP contribution is 2.17. The number of hydrogen-bond acceptors (Lipinski definition) is 6. The molecule has 0 aliphatic rings. The number of nitrogens with one attached hydrogen (secondary N) is 2. The van der Waals surface area contributed by atoms with E-state index in [-0.39, 0.29) is 19.0 Å².